The number of benzene rings is 2. The zero-order valence-corrected chi connectivity index (χ0v) is 21.8. The summed E-state index contributed by atoms with van der Waals surface area (Å²) >= 11 is 0. The molecule has 0 saturated carbocycles. The Bertz CT molecular complexity index is 1410. The quantitative estimate of drug-likeness (QED) is 0.196. The largest absolute Gasteiger partial charge is 0.487 e. The highest BCUT2D eigenvalue weighted by molar-refractivity contribution is 7.85. The molecule has 2 heterocycles. The molecule has 0 bridgehead atoms. The monoisotopic (exact) mass is 564 g/mol. The third-order valence-electron chi connectivity index (χ3n) is 5.11. The lowest BCUT2D eigenvalue weighted by atomic mass is 10.1. The van der Waals surface area contributed by atoms with E-state index < -0.39 is 21.9 Å². The number of aryl methyl sites for hydroxylation is 2. The lowest BCUT2D eigenvalue weighted by Gasteiger charge is -2.06. The van der Waals surface area contributed by atoms with Crippen molar-refractivity contribution in [3.8, 4) is 5.75 Å². The highest BCUT2D eigenvalue weighted by Gasteiger charge is 2.29. The summed E-state index contributed by atoms with van der Waals surface area (Å²) in [5.74, 6) is 1.08. The second kappa shape index (κ2) is 13.7. The van der Waals surface area contributed by atoms with Crippen molar-refractivity contribution in [3.05, 3.63) is 95.5 Å². The molecule has 0 unspecified atom stereocenters. The minimum atomic E-state index is -4.35. The average molecular weight is 565 g/mol. The maximum Gasteiger partial charge on any atom is 0.416 e. The van der Waals surface area contributed by atoms with Gasteiger partial charge in [0.2, 0.25) is 5.89 Å². The zero-order chi connectivity index (χ0) is 28.3. The number of alkyl halides is 3. The van der Waals surface area contributed by atoms with Gasteiger partial charge in [0.25, 0.3) is 10.1 Å². The van der Waals surface area contributed by atoms with Crippen molar-refractivity contribution in [1.29, 1.82) is 0 Å². The van der Waals surface area contributed by atoms with Crippen LogP contribution in [0.15, 0.2) is 71.6 Å². The smallest absolute Gasteiger partial charge is 0.416 e. The Labute approximate surface area is 223 Å². The number of rotatable bonds is 10. The number of hydrogen-bond acceptors (Lipinski definition) is 7. The normalized spacial score (nSPS) is 11.8. The van der Waals surface area contributed by atoms with Crippen LogP contribution in [0.5, 0.6) is 5.75 Å². The first-order valence-corrected chi connectivity index (χ1v) is 13.6. The van der Waals surface area contributed by atoms with Gasteiger partial charge in [0.1, 0.15) is 24.3 Å². The van der Waals surface area contributed by atoms with Crippen LogP contribution >= 0.6 is 0 Å². The number of hydrogen-bond donors (Lipinski definition) is 1. The van der Waals surface area contributed by atoms with Crippen LogP contribution in [0.25, 0.3) is 12.2 Å². The number of ether oxygens (including phenoxy) is 1. The van der Waals surface area contributed by atoms with Gasteiger partial charge in [-0.3, -0.25) is 9.23 Å². The first-order valence-electron chi connectivity index (χ1n) is 11.7. The van der Waals surface area contributed by atoms with Crippen molar-refractivity contribution in [2.75, 3.05) is 6.26 Å². The van der Waals surface area contributed by atoms with Gasteiger partial charge in [-0.25, -0.2) is 4.98 Å². The Balaban J connectivity index is 0.000000771. The molecule has 2 aromatic heterocycles. The van der Waals surface area contributed by atoms with Crippen molar-refractivity contribution in [2.24, 2.45) is 0 Å². The summed E-state index contributed by atoms with van der Waals surface area (Å²) in [4.78, 5) is 4.32. The van der Waals surface area contributed by atoms with Gasteiger partial charge in [-0.15, -0.1) is 5.10 Å². The van der Waals surface area contributed by atoms with E-state index in [-0.39, 0.29) is 6.61 Å². The highest BCUT2D eigenvalue weighted by atomic mass is 32.2. The van der Waals surface area contributed by atoms with E-state index in [4.69, 9.17) is 13.7 Å². The van der Waals surface area contributed by atoms with Gasteiger partial charge in [-0.2, -0.15) is 21.6 Å². The predicted molar refractivity (Wildman–Crippen MR) is 138 cm³/mol. The van der Waals surface area contributed by atoms with E-state index >= 15 is 0 Å². The summed E-state index contributed by atoms with van der Waals surface area (Å²) in [7, 11) is -3.67. The van der Waals surface area contributed by atoms with E-state index in [0.29, 0.717) is 23.4 Å². The van der Waals surface area contributed by atoms with Crippen molar-refractivity contribution >= 4 is 22.3 Å². The molecule has 0 saturated heterocycles. The summed E-state index contributed by atoms with van der Waals surface area (Å²) in [5, 5.41) is 7.75. The molecule has 4 aromatic rings. The highest BCUT2D eigenvalue weighted by Crippen LogP contribution is 2.29. The van der Waals surface area contributed by atoms with Gasteiger partial charge < -0.3 is 9.15 Å². The fraction of sp³-hybridized carbons (Fsp3) is 0.269. The Kier molecular flexibility index (Phi) is 10.4. The van der Waals surface area contributed by atoms with E-state index in [9.17, 15) is 21.6 Å². The zero-order valence-electron chi connectivity index (χ0n) is 21.0. The summed E-state index contributed by atoms with van der Waals surface area (Å²) in [6.45, 7) is 1.11. The fourth-order valence-electron chi connectivity index (χ4n) is 3.28. The van der Waals surface area contributed by atoms with Crippen molar-refractivity contribution in [1.82, 2.24) is 20.0 Å². The molecule has 9 nitrogen and oxygen atoms in total. The minimum Gasteiger partial charge on any atom is -0.487 e. The molecule has 0 fully saturated rings. The standard InChI is InChI=1S/C25H23F3N4O2.CH4O3S/c26-25(27,28)21-9-4-20(5-10-21)8-13-24-30-22(18-34-24)17-33-23-11-6-19(7-12-23)3-1-2-15-32-16-14-29-31-32;1-5(2,3)4/h4-14,16,18H,1-3,15,17H2;1H3,(H,2,3,4). The molecule has 4 rings (SSSR count). The molecule has 0 aliphatic carbocycles. The molecule has 0 atom stereocenters. The van der Waals surface area contributed by atoms with Crippen molar-refractivity contribution < 1.29 is 35.3 Å². The second-order valence-corrected chi connectivity index (χ2v) is 9.89. The number of halogens is 3. The van der Waals surface area contributed by atoms with Gasteiger partial charge >= 0.3 is 6.18 Å². The SMILES string of the molecule is CS(=O)(=O)O.FC(F)(F)c1ccc(C=Cc2nc(COc3ccc(CCCCn4ccnn4)cc3)co2)cc1. The summed E-state index contributed by atoms with van der Waals surface area (Å²) in [5.41, 5.74) is 1.78. The molecule has 39 heavy (non-hydrogen) atoms. The minimum absolute atomic E-state index is 0.245. The van der Waals surface area contributed by atoms with Crippen molar-refractivity contribution in [2.45, 2.75) is 38.6 Å². The molecule has 0 aliphatic heterocycles. The molecule has 1 N–H and O–H groups in total. The van der Waals surface area contributed by atoms with E-state index in [1.54, 1.807) is 18.3 Å². The number of aromatic nitrogens is 4. The molecular weight excluding hydrogens is 537 g/mol. The fourth-order valence-corrected chi connectivity index (χ4v) is 3.28. The molecule has 0 spiro atoms. The molecule has 208 valence electrons. The van der Waals surface area contributed by atoms with Crippen LogP contribution in [0.4, 0.5) is 13.2 Å². The Hall–Kier alpha value is -3.97. The topological polar surface area (TPSA) is 120 Å². The van der Waals surface area contributed by atoms with E-state index in [1.165, 1.54) is 24.0 Å². The van der Waals surface area contributed by atoms with Gasteiger partial charge in [-0.05, 0) is 60.7 Å². The van der Waals surface area contributed by atoms with Gasteiger partial charge in [0.15, 0.2) is 0 Å². The van der Waals surface area contributed by atoms with Crippen LogP contribution < -0.4 is 4.74 Å². The number of unbranched alkanes of at least 4 members (excludes halogenated alkanes) is 1. The maximum absolute atomic E-state index is 12.6. The molecule has 0 aliphatic rings. The summed E-state index contributed by atoms with van der Waals surface area (Å²) < 4.78 is 76.8. The number of oxazole rings is 1. The molecule has 13 heteroatoms. The summed E-state index contributed by atoms with van der Waals surface area (Å²) in [6.07, 6.45) is 7.71. The van der Waals surface area contributed by atoms with Crippen LogP contribution in [-0.4, -0.2) is 39.2 Å². The molecule has 0 amide bonds. The van der Waals surface area contributed by atoms with Crippen LogP contribution in [-0.2, 0) is 35.9 Å². The maximum atomic E-state index is 12.6. The number of nitrogens with zero attached hydrogens (tertiary/aromatic N) is 4. The Morgan fingerprint density at radius 2 is 1.74 bits per heavy atom. The third-order valence-corrected chi connectivity index (χ3v) is 5.11. The van der Waals surface area contributed by atoms with E-state index in [2.05, 4.69) is 15.3 Å². The van der Waals surface area contributed by atoms with Crippen LogP contribution in [0.1, 0.15) is 41.1 Å². The molecular formula is C26H27F3N4O5S. The Morgan fingerprint density at radius 3 is 2.36 bits per heavy atom. The average Bonchev–Trinajstić information content (AvgIpc) is 3.56. The first-order chi connectivity index (χ1) is 18.5. The van der Waals surface area contributed by atoms with E-state index in [0.717, 1.165) is 43.7 Å². The summed E-state index contributed by atoms with van der Waals surface area (Å²) in [6, 6.07) is 12.8. The van der Waals surface area contributed by atoms with Crippen LogP contribution in [0.3, 0.4) is 0 Å². The second-order valence-electron chi connectivity index (χ2n) is 8.42. The lowest BCUT2D eigenvalue weighted by molar-refractivity contribution is -0.137. The van der Waals surface area contributed by atoms with Crippen LogP contribution in [0, 0.1) is 0 Å². The van der Waals surface area contributed by atoms with Gasteiger partial charge in [0, 0.05) is 18.8 Å². The van der Waals surface area contributed by atoms with Gasteiger partial charge in [0.05, 0.1) is 18.0 Å². The third kappa shape index (κ3) is 11.5. The molecule has 0 radical (unpaired) electrons. The van der Waals surface area contributed by atoms with E-state index in [1.807, 2.05) is 35.1 Å². The predicted octanol–water partition coefficient (Wildman–Crippen LogP) is 5.56. The lowest BCUT2D eigenvalue weighted by Crippen LogP contribution is -2.03. The van der Waals surface area contributed by atoms with Crippen molar-refractivity contribution in [3.63, 3.8) is 0 Å². The molecule has 2 aromatic carbocycles. The first kappa shape index (κ1) is 29.6. The Morgan fingerprint density at radius 1 is 1.05 bits per heavy atom. The van der Waals surface area contributed by atoms with Crippen LogP contribution in [0.2, 0.25) is 0 Å². The van der Waals surface area contributed by atoms with Gasteiger partial charge in [-0.1, -0.05) is 29.5 Å².